The van der Waals surface area contributed by atoms with Crippen LogP contribution in [0.25, 0.3) is 0 Å². The summed E-state index contributed by atoms with van der Waals surface area (Å²) in [5.74, 6) is -0.455. The van der Waals surface area contributed by atoms with Gasteiger partial charge in [0, 0.05) is 17.6 Å². The summed E-state index contributed by atoms with van der Waals surface area (Å²) in [5.41, 5.74) is 0.697. The molecule has 0 saturated carbocycles. The van der Waals surface area contributed by atoms with E-state index in [1.54, 1.807) is 0 Å². The quantitative estimate of drug-likeness (QED) is 0.627. The Morgan fingerprint density at radius 1 is 1.22 bits per heavy atom. The number of rotatable bonds is 6. The van der Waals surface area contributed by atoms with Crippen LogP contribution in [0.3, 0.4) is 0 Å². The maximum atomic E-state index is 13.4. The molecule has 0 aliphatic rings. The van der Waals surface area contributed by atoms with E-state index in [1.165, 1.54) is 12.1 Å². The number of nitrogens with one attached hydrogen (secondary N) is 1. The first-order valence-corrected chi connectivity index (χ1v) is 6.66. The minimum Gasteiger partial charge on any atom is -0.377 e. The molecule has 0 heterocycles. The van der Waals surface area contributed by atoms with E-state index in [2.05, 4.69) is 5.32 Å². The summed E-state index contributed by atoms with van der Waals surface area (Å²) < 4.78 is 18.8. The van der Waals surface area contributed by atoms with Crippen LogP contribution in [-0.2, 0) is 4.74 Å². The van der Waals surface area contributed by atoms with Crippen LogP contribution >= 0.6 is 23.2 Å². The van der Waals surface area contributed by atoms with Gasteiger partial charge in [-0.3, -0.25) is 0 Å². The van der Waals surface area contributed by atoms with Gasteiger partial charge in [0.1, 0.15) is 5.82 Å². The molecule has 1 rings (SSSR count). The van der Waals surface area contributed by atoms with Gasteiger partial charge in [0.25, 0.3) is 0 Å². The van der Waals surface area contributed by atoms with Gasteiger partial charge in [0.2, 0.25) is 0 Å². The summed E-state index contributed by atoms with van der Waals surface area (Å²) >= 11 is 11.7. The van der Waals surface area contributed by atoms with Crippen LogP contribution in [0, 0.1) is 5.82 Å². The largest absolute Gasteiger partial charge is 0.377 e. The van der Waals surface area contributed by atoms with Crippen molar-refractivity contribution < 1.29 is 9.13 Å². The van der Waals surface area contributed by atoms with Gasteiger partial charge in [-0.05, 0) is 38.5 Å². The fraction of sp³-hybridized carbons (Fsp3) is 0.538. The van der Waals surface area contributed by atoms with E-state index in [4.69, 9.17) is 27.9 Å². The Hall–Kier alpha value is -0.350. The van der Waals surface area contributed by atoms with E-state index < -0.39 is 5.82 Å². The third kappa shape index (κ3) is 4.73. The molecule has 1 N–H and O–H groups in total. The molecule has 0 bridgehead atoms. The number of halogens is 3. The normalized spacial score (nSPS) is 13.1. The lowest BCUT2D eigenvalue weighted by molar-refractivity contribution is 0.0796. The zero-order valence-electron chi connectivity index (χ0n) is 10.8. The lowest BCUT2D eigenvalue weighted by Gasteiger charge is -2.17. The second-order valence-electron chi connectivity index (χ2n) is 4.38. The maximum Gasteiger partial charge on any atom is 0.142 e. The van der Waals surface area contributed by atoms with E-state index >= 15 is 0 Å². The highest BCUT2D eigenvalue weighted by atomic mass is 35.5. The first kappa shape index (κ1) is 15.7. The molecule has 18 heavy (non-hydrogen) atoms. The fourth-order valence-corrected chi connectivity index (χ4v) is 2.10. The van der Waals surface area contributed by atoms with Crippen LogP contribution in [0.1, 0.15) is 32.4 Å². The lowest BCUT2D eigenvalue weighted by Crippen LogP contribution is -2.24. The molecule has 1 atom stereocenters. The fourth-order valence-electron chi connectivity index (χ4n) is 1.55. The van der Waals surface area contributed by atoms with Crippen molar-refractivity contribution in [2.75, 3.05) is 13.2 Å². The zero-order valence-corrected chi connectivity index (χ0v) is 12.3. The average Bonchev–Trinajstić information content (AvgIpc) is 2.28. The van der Waals surface area contributed by atoms with Crippen LogP contribution in [0.15, 0.2) is 12.1 Å². The van der Waals surface area contributed by atoms with Crippen molar-refractivity contribution >= 4 is 23.2 Å². The standard InChI is InChI=1S/C13H18Cl2FNO/c1-8(2)18-5-4-17-9(3)10-6-13(16)12(15)7-11(10)14/h6-9,17H,4-5H2,1-3H3. The van der Waals surface area contributed by atoms with Crippen LogP contribution in [0.2, 0.25) is 10.0 Å². The Morgan fingerprint density at radius 2 is 1.89 bits per heavy atom. The zero-order chi connectivity index (χ0) is 13.7. The first-order valence-electron chi connectivity index (χ1n) is 5.91. The number of benzene rings is 1. The molecule has 0 radical (unpaired) electrons. The second-order valence-corrected chi connectivity index (χ2v) is 5.20. The average molecular weight is 294 g/mol. The highest BCUT2D eigenvalue weighted by Gasteiger charge is 2.12. The molecular weight excluding hydrogens is 276 g/mol. The highest BCUT2D eigenvalue weighted by Crippen LogP contribution is 2.28. The maximum absolute atomic E-state index is 13.4. The number of hydrogen-bond donors (Lipinski definition) is 1. The molecular formula is C13H18Cl2FNO. The summed E-state index contributed by atoms with van der Waals surface area (Å²) in [6.45, 7) is 7.17. The molecule has 0 aromatic heterocycles. The van der Waals surface area contributed by atoms with Gasteiger partial charge in [0.15, 0.2) is 0 Å². The van der Waals surface area contributed by atoms with Crippen LogP contribution in [0.4, 0.5) is 4.39 Å². The molecule has 0 spiro atoms. The summed E-state index contributed by atoms with van der Waals surface area (Å²) in [4.78, 5) is 0. The lowest BCUT2D eigenvalue weighted by atomic mass is 10.1. The number of hydrogen-bond acceptors (Lipinski definition) is 2. The van der Waals surface area contributed by atoms with Gasteiger partial charge in [-0.1, -0.05) is 23.2 Å². The van der Waals surface area contributed by atoms with Gasteiger partial charge in [-0.25, -0.2) is 4.39 Å². The molecule has 0 aliphatic carbocycles. The molecule has 1 unspecified atom stereocenters. The molecule has 1 aromatic carbocycles. The monoisotopic (exact) mass is 293 g/mol. The van der Waals surface area contributed by atoms with Crippen molar-refractivity contribution in [2.45, 2.75) is 32.9 Å². The predicted octanol–water partition coefficient (Wildman–Crippen LogP) is 4.21. The molecule has 0 amide bonds. The Bertz CT molecular complexity index is 399. The third-order valence-electron chi connectivity index (χ3n) is 2.51. The molecule has 0 saturated heterocycles. The summed E-state index contributed by atoms with van der Waals surface area (Å²) in [6.07, 6.45) is 0.207. The van der Waals surface area contributed by atoms with Gasteiger partial charge in [0.05, 0.1) is 17.7 Å². The van der Waals surface area contributed by atoms with E-state index in [0.717, 1.165) is 0 Å². The van der Waals surface area contributed by atoms with Crippen molar-refractivity contribution in [2.24, 2.45) is 0 Å². The SMILES string of the molecule is CC(C)OCCNC(C)c1cc(F)c(Cl)cc1Cl. The van der Waals surface area contributed by atoms with Crippen LogP contribution in [0.5, 0.6) is 0 Å². The van der Waals surface area contributed by atoms with Gasteiger partial charge < -0.3 is 10.1 Å². The Kier molecular flexibility index (Phi) is 6.36. The topological polar surface area (TPSA) is 21.3 Å². The van der Waals surface area contributed by atoms with E-state index in [9.17, 15) is 4.39 Å². The van der Waals surface area contributed by atoms with Gasteiger partial charge in [-0.2, -0.15) is 0 Å². The summed E-state index contributed by atoms with van der Waals surface area (Å²) in [7, 11) is 0. The summed E-state index contributed by atoms with van der Waals surface area (Å²) in [5, 5.41) is 3.73. The van der Waals surface area contributed by atoms with Crippen molar-refractivity contribution in [3.8, 4) is 0 Å². The Labute approximate surface area is 117 Å². The van der Waals surface area contributed by atoms with Crippen molar-refractivity contribution in [3.05, 3.63) is 33.6 Å². The van der Waals surface area contributed by atoms with Crippen molar-refractivity contribution in [3.63, 3.8) is 0 Å². The first-order chi connectivity index (χ1) is 8.41. The predicted molar refractivity (Wildman–Crippen MR) is 73.9 cm³/mol. The molecule has 2 nitrogen and oxygen atoms in total. The number of ether oxygens (including phenoxy) is 1. The van der Waals surface area contributed by atoms with E-state index in [1.807, 2.05) is 20.8 Å². The minimum absolute atomic E-state index is 0.0408. The third-order valence-corrected chi connectivity index (χ3v) is 3.13. The summed E-state index contributed by atoms with van der Waals surface area (Å²) in [6, 6.07) is 2.74. The molecule has 0 aliphatic heterocycles. The van der Waals surface area contributed by atoms with E-state index in [-0.39, 0.29) is 17.2 Å². The van der Waals surface area contributed by atoms with Gasteiger partial charge >= 0.3 is 0 Å². The van der Waals surface area contributed by atoms with Gasteiger partial charge in [-0.15, -0.1) is 0 Å². The van der Waals surface area contributed by atoms with Crippen molar-refractivity contribution in [1.82, 2.24) is 5.32 Å². The van der Waals surface area contributed by atoms with Crippen molar-refractivity contribution in [1.29, 1.82) is 0 Å². The smallest absolute Gasteiger partial charge is 0.142 e. The van der Waals surface area contributed by atoms with Crippen LogP contribution < -0.4 is 5.32 Å². The Balaban J connectivity index is 2.56. The molecule has 0 fully saturated rings. The molecule has 1 aromatic rings. The molecule has 102 valence electrons. The minimum atomic E-state index is -0.455. The Morgan fingerprint density at radius 3 is 2.50 bits per heavy atom. The van der Waals surface area contributed by atoms with Crippen LogP contribution in [-0.4, -0.2) is 19.3 Å². The highest BCUT2D eigenvalue weighted by molar-refractivity contribution is 6.35. The second kappa shape index (κ2) is 7.29. The van der Waals surface area contributed by atoms with E-state index in [0.29, 0.717) is 23.7 Å². The molecule has 5 heteroatoms.